The number of rotatable bonds is 5. The molecule has 0 aromatic carbocycles. The van der Waals surface area contributed by atoms with E-state index >= 15 is 0 Å². The monoisotopic (exact) mass is 268 g/mol. The summed E-state index contributed by atoms with van der Waals surface area (Å²) in [6, 6.07) is 0. The molecular formula is C8H11F3N4O3. The first-order chi connectivity index (χ1) is 8.14. The average Bonchev–Trinajstić information content (AvgIpc) is 2.64. The predicted molar refractivity (Wildman–Crippen MR) is 50.5 cm³/mol. The first kappa shape index (κ1) is 14.4. The van der Waals surface area contributed by atoms with Crippen molar-refractivity contribution in [3.8, 4) is 0 Å². The van der Waals surface area contributed by atoms with Crippen LogP contribution in [0.1, 0.15) is 19.7 Å². The lowest BCUT2D eigenvalue weighted by atomic mass is 10.1. The van der Waals surface area contributed by atoms with Crippen LogP contribution >= 0.6 is 0 Å². The molecule has 0 bridgehead atoms. The Morgan fingerprint density at radius 1 is 1.44 bits per heavy atom. The fourth-order valence-corrected chi connectivity index (χ4v) is 1.08. The fourth-order valence-electron chi connectivity index (χ4n) is 1.08. The molecule has 0 aliphatic carbocycles. The molecule has 0 atom stereocenters. The third kappa shape index (κ3) is 3.39. The Kier molecular flexibility index (Phi) is 3.89. The third-order valence-corrected chi connectivity index (χ3v) is 2.08. The molecule has 1 rings (SSSR count). The van der Waals surface area contributed by atoms with Crippen LogP contribution in [0.25, 0.3) is 0 Å². The summed E-state index contributed by atoms with van der Waals surface area (Å²) < 4.78 is 40.9. The van der Waals surface area contributed by atoms with Gasteiger partial charge in [0, 0.05) is 0 Å². The molecule has 0 aliphatic rings. The molecule has 0 saturated carbocycles. The van der Waals surface area contributed by atoms with Gasteiger partial charge in [-0.05, 0) is 24.3 Å². The van der Waals surface area contributed by atoms with Crippen molar-refractivity contribution < 1.29 is 27.8 Å². The number of carboxylic acids is 1. The number of tetrazole rings is 1. The van der Waals surface area contributed by atoms with Gasteiger partial charge in [0.2, 0.25) is 0 Å². The summed E-state index contributed by atoms with van der Waals surface area (Å²) >= 11 is 0. The second-order valence-electron chi connectivity index (χ2n) is 3.98. The van der Waals surface area contributed by atoms with Crippen LogP contribution in [0.15, 0.2) is 0 Å². The summed E-state index contributed by atoms with van der Waals surface area (Å²) in [5.41, 5.74) is -1.47. The normalized spacial score (nSPS) is 12.7. The summed E-state index contributed by atoms with van der Waals surface area (Å²) in [5, 5.41) is 19.0. The second-order valence-corrected chi connectivity index (χ2v) is 3.98. The molecule has 0 unspecified atom stereocenters. The fraction of sp³-hybridized carbons (Fsp3) is 0.750. The standard InChI is InChI=1S/C8H11F3N4O3/c1-7(2,6(16)17)15-5(12-13-14-15)3-18-4-8(9,10)11/h3-4H2,1-2H3,(H,16,17). The zero-order valence-corrected chi connectivity index (χ0v) is 9.60. The van der Waals surface area contributed by atoms with Gasteiger partial charge in [0.15, 0.2) is 11.4 Å². The quantitative estimate of drug-likeness (QED) is 0.839. The van der Waals surface area contributed by atoms with E-state index in [0.717, 1.165) is 4.68 Å². The number of hydrogen-bond acceptors (Lipinski definition) is 5. The van der Waals surface area contributed by atoms with Crippen LogP contribution in [0, 0.1) is 0 Å². The Morgan fingerprint density at radius 2 is 2.06 bits per heavy atom. The number of halogens is 3. The van der Waals surface area contributed by atoms with E-state index in [9.17, 15) is 18.0 Å². The first-order valence-electron chi connectivity index (χ1n) is 4.80. The van der Waals surface area contributed by atoms with Crippen LogP contribution in [0.5, 0.6) is 0 Å². The van der Waals surface area contributed by atoms with Crippen molar-refractivity contribution in [2.45, 2.75) is 32.2 Å². The maximum atomic E-state index is 11.9. The second kappa shape index (κ2) is 4.88. The first-order valence-corrected chi connectivity index (χ1v) is 4.80. The lowest BCUT2D eigenvalue weighted by Gasteiger charge is -2.20. The number of alkyl halides is 3. The molecule has 0 aliphatic heterocycles. The SMILES string of the molecule is CC(C)(C(=O)O)n1nnnc1COCC(F)(F)F. The summed E-state index contributed by atoms with van der Waals surface area (Å²) in [4.78, 5) is 11.0. The van der Waals surface area contributed by atoms with E-state index in [0.29, 0.717) is 0 Å². The van der Waals surface area contributed by atoms with Crippen LogP contribution in [0.2, 0.25) is 0 Å². The van der Waals surface area contributed by atoms with Crippen molar-refractivity contribution in [2.24, 2.45) is 0 Å². The lowest BCUT2D eigenvalue weighted by molar-refractivity contribution is -0.177. The molecule has 0 saturated heterocycles. The molecule has 0 spiro atoms. The highest BCUT2D eigenvalue weighted by atomic mass is 19.4. The van der Waals surface area contributed by atoms with Gasteiger partial charge in [0.1, 0.15) is 13.2 Å². The highest BCUT2D eigenvalue weighted by Crippen LogP contribution is 2.18. The summed E-state index contributed by atoms with van der Waals surface area (Å²) in [5.74, 6) is -1.31. The minimum absolute atomic E-state index is 0.0911. The molecule has 0 radical (unpaired) electrons. The number of carboxylic acid groups (broad SMARTS) is 1. The number of aliphatic carboxylic acids is 1. The predicted octanol–water partition coefficient (Wildman–Crippen LogP) is 0.572. The Hall–Kier alpha value is -1.71. The molecule has 1 aromatic heterocycles. The van der Waals surface area contributed by atoms with E-state index in [-0.39, 0.29) is 5.82 Å². The van der Waals surface area contributed by atoms with E-state index in [2.05, 4.69) is 20.3 Å². The summed E-state index contributed by atoms with van der Waals surface area (Å²) in [6.07, 6.45) is -4.46. The van der Waals surface area contributed by atoms with Crippen LogP contribution in [0.3, 0.4) is 0 Å². The van der Waals surface area contributed by atoms with Crippen molar-refractivity contribution in [3.05, 3.63) is 5.82 Å². The molecule has 1 heterocycles. The molecular weight excluding hydrogens is 257 g/mol. The van der Waals surface area contributed by atoms with Gasteiger partial charge in [-0.25, -0.2) is 9.48 Å². The highest BCUT2D eigenvalue weighted by molar-refractivity contribution is 5.75. The van der Waals surface area contributed by atoms with Crippen molar-refractivity contribution in [1.82, 2.24) is 20.2 Å². The minimum atomic E-state index is -4.46. The van der Waals surface area contributed by atoms with Gasteiger partial charge >= 0.3 is 12.1 Å². The Balaban J connectivity index is 2.75. The van der Waals surface area contributed by atoms with E-state index in [1.807, 2.05) is 0 Å². The van der Waals surface area contributed by atoms with Gasteiger partial charge in [0.05, 0.1) is 0 Å². The van der Waals surface area contributed by atoms with Gasteiger partial charge in [-0.3, -0.25) is 0 Å². The van der Waals surface area contributed by atoms with Gasteiger partial charge in [0.25, 0.3) is 0 Å². The number of nitrogens with zero attached hydrogens (tertiary/aromatic N) is 4. The molecule has 0 fully saturated rings. The zero-order chi connectivity index (χ0) is 14.0. The Bertz CT molecular complexity index is 429. The topological polar surface area (TPSA) is 90.1 Å². The van der Waals surface area contributed by atoms with Gasteiger partial charge < -0.3 is 9.84 Å². The number of hydrogen-bond donors (Lipinski definition) is 1. The van der Waals surface area contributed by atoms with Gasteiger partial charge in [-0.15, -0.1) is 5.10 Å². The molecule has 1 N–H and O–H groups in total. The van der Waals surface area contributed by atoms with E-state index < -0.39 is 30.9 Å². The largest absolute Gasteiger partial charge is 0.479 e. The summed E-state index contributed by atoms with van der Waals surface area (Å²) in [7, 11) is 0. The van der Waals surface area contributed by atoms with Gasteiger partial charge in [-0.2, -0.15) is 13.2 Å². The number of carbonyl (C=O) groups is 1. The molecule has 1 aromatic rings. The minimum Gasteiger partial charge on any atom is -0.479 e. The van der Waals surface area contributed by atoms with Crippen molar-refractivity contribution in [1.29, 1.82) is 0 Å². The maximum absolute atomic E-state index is 11.9. The number of ether oxygens (including phenoxy) is 1. The zero-order valence-electron chi connectivity index (χ0n) is 9.60. The molecule has 0 amide bonds. The molecule has 102 valence electrons. The van der Waals surface area contributed by atoms with Crippen molar-refractivity contribution >= 4 is 5.97 Å². The van der Waals surface area contributed by atoms with Crippen LogP contribution in [0.4, 0.5) is 13.2 Å². The third-order valence-electron chi connectivity index (χ3n) is 2.08. The van der Waals surface area contributed by atoms with Crippen LogP contribution in [-0.4, -0.2) is 44.1 Å². The Labute approximate surface area is 99.5 Å². The van der Waals surface area contributed by atoms with Crippen LogP contribution in [-0.2, 0) is 21.7 Å². The molecule has 18 heavy (non-hydrogen) atoms. The van der Waals surface area contributed by atoms with Crippen molar-refractivity contribution in [2.75, 3.05) is 6.61 Å². The molecule has 10 heteroatoms. The van der Waals surface area contributed by atoms with Crippen molar-refractivity contribution in [3.63, 3.8) is 0 Å². The molecule has 7 nitrogen and oxygen atoms in total. The highest BCUT2D eigenvalue weighted by Gasteiger charge is 2.34. The van der Waals surface area contributed by atoms with E-state index in [1.54, 1.807) is 0 Å². The Morgan fingerprint density at radius 3 is 2.56 bits per heavy atom. The number of aromatic nitrogens is 4. The van der Waals surface area contributed by atoms with Crippen LogP contribution < -0.4 is 0 Å². The summed E-state index contributed by atoms with van der Waals surface area (Å²) in [6.45, 7) is 0.661. The van der Waals surface area contributed by atoms with E-state index in [4.69, 9.17) is 5.11 Å². The smallest absolute Gasteiger partial charge is 0.411 e. The average molecular weight is 268 g/mol. The van der Waals surface area contributed by atoms with E-state index in [1.165, 1.54) is 13.8 Å². The maximum Gasteiger partial charge on any atom is 0.411 e. The van der Waals surface area contributed by atoms with Gasteiger partial charge in [-0.1, -0.05) is 0 Å². The lowest BCUT2D eigenvalue weighted by Crippen LogP contribution is -2.38.